The van der Waals surface area contributed by atoms with Gasteiger partial charge in [-0.3, -0.25) is 10.1 Å². The molecule has 3 heterocycles. The fourth-order valence-electron chi connectivity index (χ4n) is 3.87. The summed E-state index contributed by atoms with van der Waals surface area (Å²) in [6.07, 6.45) is 4.38. The number of H-pyrrole nitrogens is 1. The molecule has 0 amide bonds. The molecule has 3 N–H and O–H groups in total. The van der Waals surface area contributed by atoms with Gasteiger partial charge in [0.2, 0.25) is 5.82 Å². The Labute approximate surface area is 187 Å². The Morgan fingerprint density at radius 2 is 2.25 bits per heavy atom. The van der Waals surface area contributed by atoms with Gasteiger partial charge in [0.1, 0.15) is 11.9 Å². The first kappa shape index (κ1) is 21.4. The molecule has 4 rings (SSSR count). The Balaban J connectivity index is 1.35. The molecular formula is C23H28N8O. The molecule has 3 aromatic rings. The van der Waals surface area contributed by atoms with E-state index in [0.717, 1.165) is 55.5 Å². The molecule has 1 saturated heterocycles. The lowest BCUT2D eigenvalue weighted by atomic mass is 10.0. The van der Waals surface area contributed by atoms with Gasteiger partial charge in [-0.25, -0.2) is 4.98 Å². The van der Waals surface area contributed by atoms with E-state index in [4.69, 9.17) is 9.41 Å². The number of aliphatic imine (C=N–C) groups is 1. The highest BCUT2D eigenvalue weighted by molar-refractivity contribution is 5.80. The van der Waals surface area contributed by atoms with E-state index in [1.807, 2.05) is 36.4 Å². The number of anilines is 1. The third-order valence-corrected chi connectivity index (χ3v) is 5.36. The molecule has 2 aromatic heterocycles. The summed E-state index contributed by atoms with van der Waals surface area (Å²) >= 11 is 0. The number of guanidine groups is 1. The van der Waals surface area contributed by atoms with Gasteiger partial charge in [-0.15, -0.1) is 0 Å². The van der Waals surface area contributed by atoms with E-state index in [9.17, 15) is 5.26 Å². The summed E-state index contributed by atoms with van der Waals surface area (Å²) in [7, 11) is 0. The minimum absolute atomic E-state index is 0.254. The van der Waals surface area contributed by atoms with Crippen LogP contribution in [0.1, 0.15) is 31.2 Å². The van der Waals surface area contributed by atoms with Crippen LogP contribution in [0.3, 0.4) is 0 Å². The number of para-hydroxylation sites is 1. The van der Waals surface area contributed by atoms with Crippen LogP contribution in [0, 0.1) is 11.3 Å². The summed E-state index contributed by atoms with van der Waals surface area (Å²) in [6, 6.07) is 14.0. The lowest BCUT2D eigenvalue weighted by Crippen LogP contribution is -2.51. The predicted octanol–water partition coefficient (Wildman–Crippen LogP) is 2.70. The number of hydrogen-bond acceptors (Lipinski definition) is 6. The molecule has 1 aromatic carbocycles. The van der Waals surface area contributed by atoms with Gasteiger partial charge in [0.25, 0.3) is 0 Å². The Morgan fingerprint density at radius 3 is 3.06 bits per heavy atom. The largest absolute Gasteiger partial charge is 0.461 e. The van der Waals surface area contributed by atoms with Crippen LogP contribution in [0.5, 0.6) is 0 Å². The topological polar surface area (TPSA) is 118 Å². The van der Waals surface area contributed by atoms with Crippen LogP contribution in [0.2, 0.25) is 0 Å². The van der Waals surface area contributed by atoms with Crippen molar-refractivity contribution in [1.82, 2.24) is 25.8 Å². The van der Waals surface area contributed by atoms with Crippen LogP contribution in [-0.2, 0) is 6.42 Å². The lowest BCUT2D eigenvalue weighted by Gasteiger charge is -2.35. The van der Waals surface area contributed by atoms with Crippen molar-refractivity contribution < 1.29 is 4.42 Å². The molecule has 9 nitrogen and oxygen atoms in total. The summed E-state index contributed by atoms with van der Waals surface area (Å²) < 4.78 is 5.33. The monoisotopic (exact) mass is 432 g/mol. The molecule has 166 valence electrons. The second-order valence-electron chi connectivity index (χ2n) is 7.65. The average molecular weight is 433 g/mol. The Morgan fingerprint density at radius 1 is 1.34 bits per heavy atom. The quantitative estimate of drug-likeness (QED) is 0.388. The minimum atomic E-state index is 0.254. The number of nitrogens with one attached hydrogen (secondary N) is 3. The van der Waals surface area contributed by atoms with Crippen molar-refractivity contribution in [1.29, 1.82) is 5.26 Å². The fraction of sp³-hybridized carbons (Fsp3) is 0.391. The summed E-state index contributed by atoms with van der Waals surface area (Å²) in [5.74, 6) is 2.76. The summed E-state index contributed by atoms with van der Waals surface area (Å²) in [5, 5.41) is 23.5. The van der Waals surface area contributed by atoms with E-state index in [1.165, 1.54) is 0 Å². The Hall–Kier alpha value is -3.80. The smallest absolute Gasteiger partial charge is 0.216 e. The SMILES string of the molecule is CCNC(=NCCc1nc(-c2ccco2)n[nH]1)NC1CCCN(c2ccccc2C#N)C1. The predicted molar refractivity (Wildman–Crippen MR) is 123 cm³/mol. The van der Waals surface area contributed by atoms with Crippen molar-refractivity contribution in [3.05, 3.63) is 54.0 Å². The zero-order valence-electron chi connectivity index (χ0n) is 18.2. The van der Waals surface area contributed by atoms with E-state index >= 15 is 0 Å². The van der Waals surface area contributed by atoms with Gasteiger partial charge >= 0.3 is 0 Å². The van der Waals surface area contributed by atoms with Gasteiger partial charge in [-0.2, -0.15) is 10.4 Å². The molecule has 0 spiro atoms. The van der Waals surface area contributed by atoms with Crippen molar-refractivity contribution in [2.24, 2.45) is 4.99 Å². The van der Waals surface area contributed by atoms with Crippen LogP contribution in [0.4, 0.5) is 5.69 Å². The third-order valence-electron chi connectivity index (χ3n) is 5.36. The van der Waals surface area contributed by atoms with Gasteiger partial charge in [0.15, 0.2) is 11.7 Å². The molecule has 1 aliphatic heterocycles. The summed E-state index contributed by atoms with van der Waals surface area (Å²) in [6.45, 7) is 5.20. The molecule has 1 aliphatic rings. The van der Waals surface area contributed by atoms with Crippen molar-refractivity contribution >= 4 is 11.6 Å². The van der Waals surface area contributed by atoms with Crippen molar-refractivity contribution in [3.63, 3.8) is 0 Å². The summed E-state index contributed by atoms with van der Waals surface area (Å²) in [4.78, 5) is 11.5. The summed E-state index contributed by atoms with van der Waals surface area (Å²) in [5.41, 5.74) is 1.72. The maximum absolute atomic E-state index is 9.44. The number of rotatable bonds is 7. The van der Waals surface area contributed by atoms with E-state index in [2.05, 4.69) is 43.7 Å². The number of piperidine rings is 1. The number of furan rings is 1. The molecule has 0 radical (unpaired) electrons. The third kappa shape index (κ3) is 5.27. The second-order valence-corrected chi connectivity index (χ2v) is 7.65. The molecule has 9 heteroatoms. The van der Waals surface area contributed by atoms with Crippen LogP contribution < -0.4 is 15.5 Å². The molecule has 0 bridgehead atoms. The number of hydrogen-bond donors (Lipinski definition) is 3. The molecule has 32 heavy (non-hydrogen) atoms. The minimum Gasteiger partial charge on any atom is -0.461 e. The average Bonchev–Trinajstić information content (AvgIpc) is 3.51. The zero-order valence-corrected chi connectivity index (χ0v) is 18.2. The molecule has 0 saturated carbocycles. The van der Waals surface area contributed by atoms with Gasteiger partial charge in [-0.05, 0) is 44.0 Å². The van der Waals surface area contributed by atoms with E-state index in [1.54, 1.807) is 6.26 Å². The first-order chi connectivity index (χ1) is 15.8. The van der Waals surface area contributed by atoms with Gasteiger partial charge in [-0.1, -0.05) is 12.1 Å². The van der Waals surface area contributed by atoms with Crippen LogP contribution in [-0.4, -0.2) is 53.4 Å². The highest BCUT2D eigenvalue weighted by Gasteiger charge is 2.22. The van der Waals surface area contributed by atoms with Gasteiger partial charge in [0.05, 0.1) is 17.5 Å². The molecule has 1 fully saturated rings. The van der Waals surface area contributed by atoms with E-state index in [0.29, 0.717) is 24.6 Å². The van der Waals surface area contributed by atoms with Crippen molar-refractivity contribution in [2.75, 3.05) is 31.1 Å². The standard InChI is InChI=1S/C23H28N8O/c1-2-25-23(26-12-11-21-28-22(30-29-21)20-10-6-14-32-20)27-18-8-5-13-31(16-18)19-9-4-3-7-17(19)15-24/h3-4,6-7,9-10,14,18H,2,5,8,11-13,16H2,1H3,(H2,25,26,27)(H,28,29,30). The maximum Gasteiger partial charge on any atom is 0.216 e. The normalized spacial score (nSPS) is 16.6. The van der Waals surface area contributed by atoms with Crippen LogP contribution in [0.25, 0.3) is 11.6 Å². The Bertz CT molecular complexity index is 1070. The first-order valence-electron chi connectivity index (χ1n) is 11.0. The highest BCUT2D eigenvalue weighted by atomic mass is 16.3. The molecule has 1 unspecified atom stereocenters. The van der Waals surface area contributed by atoms with E-state index in [-0.39, 0.29) is 6.04 Å². The maximum atomic E-state index is 9.44. The number of benzene rings is 1. The highest BCUT2D eigenvalue weighted by Crippen LogP contribution is 2.23. The van der Waals surface area contributed by atoms with Gasteiger partial charge < -0.3 is 20.0 Å². The number of nitriles is 1. The van der Waals surface area contributed by atoms with Crippen molar-refractivity contribution in [3.8, 4) is 17.7 Å². The van der Waals surface area contributed by atoms with E-state index < -0.39 is 0 Å². The van der Waals surface area contributed by atoms with Crippen molar-refractivity contribution in [2.45, 2.75) is 32.2 Å². The lowest BCUT2D eigenvalue weighted by molar-refractivity contribution is 0.468. The van der Waals surface area contributed by atoms with Gasteiger partial charge in [0, 0.05) is 38.6 Å². The number of aromatic nitrogens is 3. The Kier molecular flexibility index (Phi) is 7.02. The second kappa shape index (κ2) is 10.5. The number of aromatic amines is 1. The molecule has 0 aliphatic carbocycles. The molecular weight excluding hydrogens is 404 g/mol. The molecule has 1 atom stereocenters. The number of nitrogens with zero attached hydrogens (tertiary/aromatic N) is 5. The van der Waals surface area contributed by atoms with Crippen LogP contribution >= 0.6 is 0 Å². The fourth-order valence-corrected chi connectivity index (χ4v) is 3.87. The first-order valence-corrected chi connectivity index (χ1v) is 11.0. The van der Waals surface area contributed by atoms with Crippen LogP contribution in [0.15, 0.2) is 52.1 Å². The zero-order chi connectivity index (χ0) is 22.2.